The molecule has 0 saturated heterocycles. The predicted molar refractivity (Wildman–Crippen MR) is 83.1 cm³/mol. The van der Waals surface area contributed by atoms with Gasteiger partial charge >= 0.3 is 0 Å². The Hall–Kier alpha value is -1.09. The zero-order valence-corrected chi connectivity index (χ0v) is 11.4. The van der Waals surface area contributed by atoms with Crippen LogP contribution in [0, 0.1) is 0 Å². The minimum absolute atomic E-state index is 0.144. The van der Waals surface area contributed by atoms with E-state index in [9.17, 15) is 0 Å². The molecule has 2 aromatic rings. The monoisotopic (exact) mass is 224 g/mol. The third-order valence-corrected chi connectivity index (χ3v) is 4.30. The molecule has 86 valence electrons. The van der Waals surface area contributed by atoms with Crippen molar-refractivity contribution in [1.82, 2.24) is 9.88 Å². The molecule has 1 heterocycles. The molecule has 1 aromatic carbocycles. The maximum Gasteiger partial charge on any atom is 0.116 e. The Bertz CT molecular complexity index is 519. The third-order valence-electron chi connectivity index (χ3n) is 4.30. The van der Waals surface area contributed by atoms with Crippen molar-refractivity contribution in [3.8, 4) is 0 Å². The average molecular weight is 224 g/mol. The second-order valence-electron chi connectivity index (χ2n) is 5.56. The molecule has 0 fully saturated rings. The Kier molecular flexibility index (Phi) is 3.13. The van der Waals surface area contributed by atoms with Gasteiger partial charge in [-0.05, 0) is 36.9 Å². The van der Waals surface area contributed by atoms with Gasteiger partial charge < -0.3 is 9.88 Å². The molecule has 1 aromatic heterocycles. The molecular weight excluding hydrogens is 205 g/mol. The minimum Gasteiger partial charge on any atom is -0.361 e. The fourth-order valence-corrected chi connectivity index (χ4v) is 2.22. The summed E-state index contributed by atoms with van der Waals surface area (Å²) < 4.78 is 0. The SMILES string of the molecule is BC(c1c[nH]c2ccccc12)C(B)(B)N(C)C. The first-order chi connectivity index (χ1) is 7.94. The van der Waals surface area contributed by atoms with Crippen LogP contribution in [-0.2, 0) is 0 Å². The van der Waals surface area contributed by atoms with Gasteiger partial charge in [-0.1, -0.05) is 18.2 Å². The van der Waals surface area contributed by atoms with Crippen molar-refractivity contribution >= 4 is 34.4 Å². The number of fused-ring (bicyclic) bond motifs is 1. The molecule has 0 radical (unpaired) electrons. The second-order valence-corrected chi connectivity index (χ2v) is 5.56. The molecule has 1 unspecified atom stereocenters. The summed E-state index contributed by atoms with van der Waals surface area (Å²) in [5.41, 5.74) is 2.63. The summed E-state index contributed by atoms with van der Waals surface area (Å²) in [6.45, 7) is 0. The van der Waals surface area contributed by atoms with E-state index >= 15 is 0 Å². The lowest BCUT2D eigenvalue weighted by Gasteiger charge is -2.39. The Morgan fingerprint density at radius 1 is 1.24 bits per heavy atom. The zero-order chi connectivity index (χ0) is 12.6. The van der Waals surface area contributed by atoms with Gasteiger partial charge in [0.05, 0.1) is 0 Å². The van der Waals surface area contributed by atoms with Gasteiger partial charge in [0.2, 0.25) is 0 Å². The first-order valence-corrected chi connectivity index (χ1v) is 6.18. The van der Waals surface area contributed by atoms with Gasteiger partial charge in [0.1, 0.15) is 23.5 Å². The molecule has 17 heavy (non-hydrogen) atoms. The molecule has 1 N–H and O–H groups in total. The molecule has 1 atom stereocenters. The van der Waals surface area contributed by atoms with E-state index in [4.69, 9.17) is 0 Å². The van der Waals surface area contributed by atoms with E-state index in [0.29, 0.717) is 5.82 Å². The van der Waals surface area contributed by atoms with Crippen LogP contribution in [0.1, 0.15) is 11.4 Å². The lowest BCUT2D eigenvalue weighted by atomic mass is 9.47. The maximum atomic E-state index is 3.36. The Labute approximate surface area is 106 Å². The van der Waals surface area contributed by atoms with Crippen molar-refractivity contribution in [2.24, 2.45) is 0 Å². The van der Waals surface area contributed by atoms with Gasteiger partial charge in [-0.3, -0.25) is 0 Å². The molecule has 0 spiro atoms. The van der Waals surface area contributed by atoms with Crippen molar-refractivity contribution in [2.45, 2.75) is 11.2 Å². The lowest BCUT2D eigenvalue weighted by molar-refractivity contribution is 0.327. The highest BCUT2D eigenvalue weighted by Crippen LogP contribution is 2.30. The van der Waals surface area contributed by atoms with Crippen LogP contribution in [0.4, 0.5) is 0 Å². The number of nitrogens with zero attached hydrogens (tertiary/aromatic N) is 1. The highest BCUT2D eigenvalue weighted by atomic mass is 15.1. The average Bonchev–Trinajstić information content (AvgIpc) is 2.71. The number of aromatic amines is 1. The lowest BCUT2D eigenvalue weighted by Crippen LogP contribution is -2.50. The van der Waals surface area contributed by atoms with Crippen LogP contribution in [0.2, 0.25) is 0 Å². The van der Waals surface area contributed by atoms with Crippen LogP contribution in [-0.4, -0.2) is 52.9 Å². The van der Waals surface area contributed by atoms with E-state index in [1.165, 1.54) is 16.5 Å². The van der Waals surface area contributed by atoms with Gasteiger partial charge in [-0.15, -0.1) is 0 Å². The number of rotatable bonds is 3. The summed E-state index contributed by atoms with van der Waals surface area (Å²) in [7, 11) is 11.2. The fraction of sp³-hybridized carbons (Fsp3) is 0.333. The van der Waals surface area contributed by atoms with E-state index in [2.05, 4.69) is 78.0 Å². The molecule has 0 aliphatic carbocycles. The first-order valence-electron chi connectivity index (χ1n) is 6.18. The molecule has 0 aliphatic rings. The van der Waals surface area contributed by atoms with Crippen LogP contribution < -0.4 is 0 Å². The summed E-state index contributed by atoms with van der Waals surface area (Å²) in [5.74, 6) is 0.480. The molecule has 0 saturated carbocycles. The Morgan fingerprint density at radius 3 is 2.53 bits per heavy atom. The summed E-state index contributed by atoms with van der Waals surface area (Å²) in [6, 6.07) is 8.51. The van der Waals surface area contributed by atoms with Crippen LogP contribution in [0.3, 0.4) is 0 Å². The van der Waals surface area contributed by atoms with E-state index in [0.717, 1.165) is 0 Å². The van der Waals surface area contributed by atoms with E-state index in [-0.39, 0.29) is 5.34 Å². The number of hydrogen-bond acceptors (Lipinski definition) is 1. The molecule has 0 amide bonds. The molecular formula is C12H19B3N2. The number of nitrogens with one attached hydrogen (secondary N) is 1. The topological polar surface area (TPSA) is 19.0 Å². The summed E-state index contributed by atoms with van der Waals surface area (Å²) in [6.07, 6.45) is 2.15. The third kappa shape index (κ3) is 2.04. The van der Waals surface area contributed by atoms with Gasteiger partial charge in [0.15, 0.2) is 0 Å². The van der Waals surface area contributed by atoms with Crippen LogP contribution in [0.25, 0.3) is 10.9 Å². The van der Waals surface area contributed by atoms with E-state index in [1.807, 2.05) is 0 Å². The smallest absolute Gasteiger partial charge is 0.116 e. The minimum atomic E-state index is 0.144. The zero-order valence-electron chi connectivity index (χ0n) is 11.4. The number of hydrogen-bond donors (Lipinski definition) is 1. The standard InChI is InChI=1S/C12H19B3N2/c1-17(2)12(14,15)11(13)9-7-16-10-6-4-3-5-8(9)10/h3-7,11,16H,13-15H2,1-2H3. The van der Waals surface area contributed by atoms with Crippen molar-refractivity contribution < 1.29 is 0 Å². The summed E-state index contributed by atoms with van der Waals surface area (Å²) in [4.78, 5) is 5.65. The van der Waals surface area contributed by atoms with Gasteiger partial charge in [-0.25, -0.2) is 0 Å². The highest BCUT2D eigenvalue weighted by Gasteiger charge is 2.30. The quantitative estimate of drug-likeness (QED) is 0.684. The van der Waals surface area contributed by atoms with E-state index < -0.39 is 0 Å². The predicted octanol–water partition coefficient (Wildman–Crippen LogP) is -0.676. The van der Waals surface area contributed by atoms with Crippen molar-refractivity contribution in [3.63, 3.8) is 0 Å². The van der Waals surface area contributed by atoms with Crippen molar-refractivity contribution in [2.75, 3.05) is 14.1 Å². The number of H-pyrrole nitrogens is 1. The van der Waals surface area contributed by atoms with Crippen LogP contribution in [0.5, 0.6) is 0 Å². The summed E-state index contributed by atoms with van der Waals surface area (Å²) in [5, 5.41) is 1.49. The van der Waals surface area contributed by atoms with Gasteiger partial charge in [0, 0.05) is 17.1 Å². The Balaban J connectivity index is 2.47. The van der Waals surface area contributed by atoms with E-state index in [1.54, 1.807) is 0 Å². The van der Waals surface area contributed by atoms with Gasteiger partial charge in [-0.2, -0.15) is 0 Å². The molecule has 0 aliphatic heterocycles. The highest BCUT2D eigenvalue weighted by molar-refractivity contribution is 6.44. The molecule has 2 nitrogen and oxygen atoms in total. The number of likely N-dealkylation sites (N-methyl/N-ethyl adjacent to an activating group) is 1. The van der Waals surface area contributed by atoms with Gasteiger partial charge in [0.25, 0.3) is 0 Å². The summed E-state index contributed by atoms with van der Waals surface area (Å²) >= 11 is 0. The number of benzene rings is 1. The molecule has 0 bridgehead atoms. The maximum absolute atomic E-state index is 3.36. The van der Waals surface area contributed by atoms with Crippen molar-refractivity contribution in [3.05, 3.63) is 36.0 Å². The number of aromatic nitrogens is 1. The molecule has 5 heteroatoms. The largest absolute Gasteiger partial charge is 0.361 e. The number of para-hydroxylation sites is 1. The first kappa shape index (κ1) is 12.4. The molecule has 2 rings (SSSR count). The second kappa shape index (κ2) is 4.30. The fourth-order valence-electron chi connectivity index (χ4n) is 2.22. The van der Waals surface area contributed by atoms with Crippen molar-refractivity contribution in [1.29, 1.82) is 0 Å². The van der Waals surface area contributed by atoms with Crippen LogP contribution >= 0.6 is 0 Å². The van der Waals surface area contributed by atoms with Crippen LogP contribution in [0.15, 0.2) is 30.5 Å². The normalized spacial score (nSPS) is 14.3. The Morgan fingerprint density at radius 2 is 1.88 bits per heavy atom.